The van der Waals surface area contributed by atoms with Crippen LogP contribution in [0.1, 0.15) is 12.2 Å². The van der Waals surface area contributed by atoms with Crippen LogP contribution in [-0.2, 0) is 6.42 Å². The largest absolute Gasteiger partial charge is 0.379 e. The highest BCUT2D eigenvalue weighted by atomic mass is 79.9. The van der Waals surface area contributed by atoms with E-state index in [0.717, 1.165) is 23.1 Å². The molecule has 0 aliphatic heterocycles. The summed E-state index contributed by atoms with van der Waals surface area (Å²) < 4.78 is 0.812. The summed E-state index contributed by atoms with van der Waals surface area (Å²) in [5.41, 5.74) is 0.611. The van der Waals surface area contributed by atoms with Crippen LogP contribution in [0.2, 0.25) is 0 Å². The summed E-state index contributed by atoms with van der Waals surface area (Å²) in [4.78, 5) is 17.6. The lowest BCUT2D eigenvalue weighted by molar-refractivity contribution is -0.384. The van der Waals surface area contributed by atoms with Crippen molar-refractivity contribution in [2.24, 2.45) is 0 Å². The molecule has 0 atom stereocenters. The number of nitro benzene ring substituents is 1. The van der Waals surface area contributed by atoms with Gasteiger partial charge in [0.1, 0.15) is 11.5 Å². The number of aromatic nitrogens is 2. The monoisotopic (exact) mass is 324 g/mol. The molecule has 0 unspecified atom stereocenters. The maximum absolute atomic E-state index is 10.9. The van der Waals surface area contributed by atoms with Gasteiger partial charge in [-0.15, -0.1) is 0 Å². The second kappa shape index (κ2) is 6.33. The molecule has 2 aromatic rings. The number of aryl methyl sites for hydroxylation is 1. The molecule has 0 saturated heterocycles. The van der Waals surface area contributed by atoms with Gasteiger partial charge < -0.3 is 10.3 Å². The Hall–Kier alpha value is -1.89. The Bertz CT molecular complexity index is 557. The number of H-pyrrole nitrogens is 1. The molecule has 0 aliphatic carbocycles. The minimum atomic E-state index is -0.388. The highest BCUT2D eigenvalue weighted by Crippen LogP contribution is 2.27. The number of nitrogens with one attached hydrogen (secondary N) is 2. The van der Waals surface area contributed by atoms with Gasteiger partial charge in [-0.3, -0.25) is 10.1 Å². The summed E-state index contributed by atoms with van der Waals surface area (Å²) in [5.74, 6) is 0.922. The summed E-state index contributed by atoms with van der Waals surface area (Å²) in [6, 6.07) is 4.86. The summed E-state index contributed by atoms with van der Waals surface area (Å²) >= 11 is 3.31. The van der Waals surface area contributed by atoms with Crippen molar-refractivity contribution in [1.29, 1.82) is 0 Å². The van der Waals surface area contributed by atoms with E-state index in [1.165, 1.54) is 6.07 Å². The van der Waals surface area contributed by atoms with Gasteiger partial charge in [-0.2, -0.15) is 0 Å². The average molecular weight is 325 g/mol. The van der Waals surface area contributed by atoms with E-state index in [2.05, 4.69) is 31.2 Å². The Balaban J connectivity index is 1.91. The third-order valence-electron chi connectivity index (χ3n) is 2.62. The minimum Gasteiger partial charge on any atom is -0.379 e. The van der Waals surface area contributed by atoms with Crippen LogP contribution in [-0.4, -0.2) is 21.4 Å². The van der Waals surface area contributed by atoms with Gasteiger partial charge in [-0.1, -0.05) is 15.9 Å². The summed E-state index contributed by atoms with van der Waals surface area (Å²) in [6.45, 7) is 0.651. The number of aromatic amines is 1. The first kappa shape index (κ1) is 13.5. The van der Waals surface area contributed by atoms with Gasteiger partial charge in [0.15, 0.2) is 0 Å². The zero-order valence-corrected chi connectivity index (χ0v) is 11.7. The molecule has 0 bridgehead atoms. The van der Waals surface area contributed by atoms with Crippen molar-refractivity contribution in [1.82, 2.24) is 9.97 Å². The van der Waals surface area contributed by atoms with Gasteiger partial charge in [0.05, 0.1) is 4.92 Å². The number of hydrogen-bond donors (Lipinski definition) is 2. The SMILES string of the molecule is O=[N+]([O-])c1ccc(Br)cc1NCCCc1ncc[nH]1. The Morgan fingerprint density at radius 3 is 3.00 bits per heavy atom. The van der Waals surface area contributed by atoms with Crippen LogP contribution in [0, 0.1) is 10.1 Å². The van der Waals surface area contributed by atoms with Crippen molar-refractivity contribution in [2.75, 3.05) is 11.9 Å². The first-order chi connectivity index (χ1) is 9.16. The molecule has 1 aromatic heterocycles. The van der Waals surface area contributed by atoms with Crippen molar-refractivity contribution in [3.05, 3.63) is 51.0 Å². The Morgan fingerprint density at radius 2 is 2.32 bits per heavy atom. The molecular weight excluding hydrogens is 312 g/mol. The van der Waals surface area contributed by atoms with Gasteiger partial charge in [-0.25, -0.2) is 4.98 Å². The quantitative estimate of drug-likeness (QED) is 0.485. The molecule has 0 saturated carbocycles. The fourth-order valence-corrected chi connectivity index (χ4v) is 2.08. The lowest BCUT2D eigenvalue weighted by Gasteiger charge is -2.07. The van der Waals surface area contributed by atoms with Crippen LogP contribution >= 0.6 is 15.9 Å². The third kappa shape index (κ3) is 3.78. The van der Waals surface area contributed by atoms with Crippen molar-refractivity contribution in [2.45, 2.75) is 12.8 Å². The molecule has 7 heteroatoms. The molecule has 0 radical (unpaired) electrons. The average Bonchev–Trinajstić information content (AvgIpc) is 2.87. The summed E-state index contributed by atoms with van der Waals surface area (Å²) in [6.07, 6.45) is 5.14. The van der Waals surface area contributed by atoms with Crippen molar-refractivity contribution in [3.8, 4) is 0 Å². The fraction of sp³-hybridized carbons (Fsp3) is 0.250. The molecule has 0 spiro atoms. The summed E-state index contributed by atoms with van der Waals surface area (Å²) in [7, 11) is 0. The number of rotatable bonds is 6. The molecule has 6 nitrogen and oxygen atoms in total. The molecule has 19 heavy (non-hydrogen) atoms. The number of halogens is 1. The van der Waals surface area contributed by atoms with Crippen molar-refractivity contribution in [3.63, 3.8) is 0 Å². The number of imidazole rings is 1. The van der Waals surface area contributed by atoms with E-state index in [0.29, 0.717) is 12.2 Å². The highest BCUT2D eigenvalue weighted by molar-refractivity contribution is 9.10. The number of nitro groups is 1. The molecule has 1 aromatic carbocycles. The Labute approximate surface area is 118 Å². The second-order valence-corrected chi connectivity index (χ2v) is 4.90. The predicted molar refractivity (Wildman–Crippen MR) is 76.2 cm³/mol. The van der Waals surface area contributed by atoms with Crippen molar-refractivity contribution < 1.29 is 4.92 Å². The molecule has 2 N–H and O–H groups in total. The third-order valence-corrected chi connectivity index (χ3v) is 3.11. The number of anilines is 1. The van der Waals surface area contributed by atoms with Crippen LogP contribution < -0.4 is 5.32 Å². The predicted octanol–water partition coefficient (Wildman–Crippen LogP) is 3.13. The van der Waals surface area contributed by atoms with E-state index in [9.17, 15) is 10.1 Å². The van der Waals surface area contributed by atoms with E-state index in [1.54, 1.807) is 24.5 Å². The molecule has 0 aliphatic rings. The fourth-order valence-electron chi connectivity index (χ4n) is 1.72. The molecule has 0 amide bonds. The lowest BCUT2D eigenvalue weighted by atomic mass is 10.2. The maximum Gasteiger partial charge on any atom is 0.292 e. The van der Waals surface area contributed by atoms with Crippen LogP contribution in [0.15, 0.2) is 35.1 Å². The van der Waals surface area contributed by atoms with E-state index in [-0.39, 0.29) is 10.6 Å². The zero-order chi connectivity index (χ0) is 13.7. The lowest BCUT2D eigenvalue weighted by Crippen LogP contribution is -2.05. The first-order valence-electron chi connectivity index (χ1n) is 5.83. The van der Waals surface area contributed by atoms with Crippen LogP contribution in [0.4, 0.5) is 11.4 Å². The first-order valence-corrected chi connectivity index (χ1v) is 6.62. The zero-order valence-electron chi connectivity index (χ0n) is 10.1. The van der Waals surface area contributed by atoms with E-state index in [1.807, 2.05) is 0 Å². The van der Waals surface area contributed by atoms with E-state index in [4.69, 9.17) is 0 Å². The van der Waals surface area contributed by atoms with Gasteiger partial charge in [0, 0.05) is 35.9 Å². The van der Waals surface area contributed by atoms with Crippen LogP contribution in [0.25, 0.3) is 0 Å². The van der Waals surface area contributed by atoms with E-state index >= 15 is 0 Å². The molecule has 1 heterocycles. The standard InChI is InChI=1S/C12H13BrN4O2/c13-9-3-4-11(17(18)19)10(8-9)14-5-1-2-12-15-6-7-16-12/h3-4,6-8,14H,1-2,5H2,(H,15,16). The number of benzene rings is 1. The number of nitrogens with zero attached hydrogens (tertiary/aromatic N) is 2. The van der Waals surface area contributed by atoms with Gasteiger partial charge in [0.25, 0.3) is 5.69 Å². The van der Waals surface area contributed by atoms with Crippen LogP contribution in [0.3, 0.4) is 0 Å². The van der Waals surface area contributed by atoms with Gasteiger partial charge in [0.2, 0.25) is 0 Å². The summed E-state index contributed by atoms with van der Waals surface area (Å²) in [5, 5.41) is 14.0. The number of hydrogen-bond acceptors (Lipinski definition) is 4. The van der Waals surface area contributed by atoms with Crippen molar-refractivity contribution >= 4 is 27.3 Å². The van der Waals surface area contributed by atoms with Crippen LogP contribution in [0.5, 0.6) is 0 Å². The molecule has 2 rings (SSSR count). The topological polar surface area (TPSA) is 83.8 Å². The normalized spacial score (nSPS) is 10.4. The molecular formula is C12H13BrN4O2. The van der Waals surface area contributed by atoms with E-state index < -0.39 is 0 Å². The Morgan fingerprint density at radius 1 is 1.47 bits per heavy atom. The second-order valence-electron chi connectivity index (χ2n) is 3.98. The maximum atomic E-state index is 10.9. The van der Waals surface area contributed by atoms with Gasteiger partial charge in [-0.05, 0) is 18.6 Å². The Kier molecular flexibility index (Phi) is 4.51. The molecule has 100 valence electrons. The highest BCUT2D eigenvalue weighted by Gasteiger charge is 2.13. The smallest absolute Gasteiger partial charge is 0.292 e. The minimum absolute atomic E-state index is 0.0844. The molecule has 0 fully saturated rings. The van der Waals surface area contributed by atoms with Gasteiger partial charge >= 0.3 is 0 Å².